The molecule has 0 aliphatic carbocycles. The molecule has 8 amide bonds. The molecule has 710 valence electrons. The van der Waals surface area contributed by atoms with Gasteiger partial charge in [-0.25, -0.2) is 4.79 Å². The molecule has 17 bridgehead atoms. The Balaban J connectivity index is 0.943. The van der Waals surface area contributed by atoms with Crippen LogP contribution in [0.5, 0.6) is 69.0 Å². The predicted molar refractivity (Wildman–Crippen MR) is 463 cm³/mol. The number of ether oxygens (including phenoxy) is 9. The molecule has 6 unspecified atom stereocenters. The molecule has 23 atom stereocenters. The van der Waals surface area contributed by atoms with Crippen LogP contribution >= 0.6 is 23.2 Å². The van der Waals surface area contributed by atoms with Crippen molar-refractivity contribution >= 4 is 87.2 Å². The van der Waals surface area contributed by atoms with Crippen molar-refractivity contribution < 1.29 is 162 Å². The summed E-state index contributed by atoms with van der Waals surface area (Å²) in [5.41, 5.74) is 3.43. The number of aliphatic hydroxyl groups is 10. The van der Waals surface area contributed by atoms with Crippen molar-refractivity contribution in [2.24, 2.45) is 5.73 Å². The molecule has 0 spiro atoms. The fraction of sp³-hybridized carbons (Fsp3) is 0.330. The van der Waals surface area contributed by atoms with Crippen LogP contribution in [0.25, 0.3) is 21.9 Å². The topological polar surface area (TPSA) is 662 Å². The van der Waals surface area contributed by atoms with Crippen molar-refractivity contribution in [3.8, 4) is 80.1 Å². The van der Waals surface area contributed by atoms with E-state index in [0.717, 1.165) is 103 Å². The monoisotopic (exact) mass is 1910 g/mol. The summed E-state index contributed by atoms with van der Waals surface area (Å²) in [6.45, 7) is -2.21. The second kappa shape index (κ2) is 39.3. The average Bonchev–Trinajstić information content (AvgIpc) is 0.753. The zero-order chi connectivity index (χ0) is 96.1. The molecule has 0 radical (unpaired) electrons. The highest BCUT2D eigenvalue weighted by atomic mass is 35.5. The molecule has 3 fully saturated rings. The van der Waals surface area contributed by atoms with Gasteiger partial charge in [-0.15, -0.1) is 0 Å². The molecule has 42 nitrogen and oxygen atoms in total. The van der Waals surface area contributed by atoms with Gasteiger partial charge in [0.2, 0.25) is 65.6 Å². The molecule has 9 aliphatic rings. The number of nitrogens with two attached hydrogens (primary N) is 1. The number of phenols is 4. The third kappa shape index (κ3) is 19.7. The number of hydrogen-bond donors (Lipinski definition) is 24. The van der Waals surface area contributed by atoms with E-state index in [4.69, 9.17) is 71.6 Å². The fourth-order valence-electron chi connectivity index (χ4n) is 16.9. The van der Waals surface area contributed by atoms with E-state index in [0.29, 0.717) is 5.56 Å². The number of benzene rings is 9. The number of amides is 8. The molecule has 25 N–H and O–H groups in total. The van der Waals surface area contributed by atoms with Gasteiger partial charge < -0.3 is 167 Å². The van der Waals surface area contributed by atoms with E-state index in [1.54, 1.807) is 6.07 Å². The van der Waals surface area contributed by atoms with Gasteiger partial charge in [-0.1, -0.05) is 89.9 Å². The minimum atomic E-state index is -2.60. The normalized spacial score (nSPS) is 28.5. The van der Waals surface area contributed by atoms with Crippen molar-refractivity contribution in [2.75, 3.05) is 19.8 Å². The zero-order valence-electron chi connectivity index (χ0n) is 70.4. The maximum atomic E-state index is 17.1. The highest BCUT2D eigenvalue weighted by molar-refractivity contribution is 6.32. The number of carbonyl (C=O) groups is 9. The largest absolute Gasteiger partial charge is 0.508 e. The first-order valence-corrected chi connectivity index (χ1v) is 42.8. The van der Waals surface area contributed by atoms with E-state index in [-0.39, 0.29) is 46.2 Å². The van der Waals surface area contributed by atoms with Crippen LogP contribution in [0, 0.1) is 0 Å². The summed E-state index contributed by atoms with van der Waals surface area (Å²) in [4.78, 5) is 139. The smallest absolute Gasteiger partial charge is 0.330 e. The first-order chi connectivity index (χ1) is 64.5. The lowest BCUT2D eigenvalue weighted by Crippen LogP contribution is -2.65. The number of rotatable bonds is 15. The molecule has 9 heterocycles. The van der Waals surface area contributed by atoms with Gasteiger partial charge in [0, 0.05) is 48.6 Å². The summed E-state index contributed by atoms with van der Waals surface area (Å²) in [5.74, 6) is -19.8. The second-order valence-corrected chi connectivity index (χ2v) is 33.8. The lowest BCUT2D eigenvalue weighted by atomic mass is 9.89. The maximum Gasteiger partial charge on any atom is 0.330 e. The van der Waals surface area contributed by atoms with Crippen LogP contribution in [0.15, 0.2) is 158 Å². The minimum absolute atomic E-state index is 0.0217. The summed E-state index contributed by atoms with van der Waals surface area (Å²) in [5, 5.41) is 192. The van der Waals surface area contributed by atoms with Gasteiger partial charge in [0.15, 0.2) is 35.3 Å². The number of carbonyl (C=O) groups excluding carboxylic acids is 8. The summed E-state index contributed by atoms with van der Waals surface area (Å²) in [6.07, 6.45) is -29.7. The lowest BCUT2D eigenvalue weighted by molar-refractivity contribution is -0.284. The van der Waals surface area contributed by atoms with Crippen molar-refractivity contribution in [3.63, 3.8) is 0 Å². The van der Waals surface area contributed by atoms with E-state index in [1.165, 1.54) is 30.3 Å². The van der Waals surface area contributed by atoms with Crippen LogP contribution in [-0.2, 0) is 74.9 Å². The second-order valence-electron chi connectivity index (χ2n) is 33.0. The molecule has 0 aromatic heterocycles. The van der Waals surface area contributed by atoms with E-state index in [9.17, 15) is 95.8 Å². The third-order valence-electron chi connectivity index (χ3n) is 23.9. The average molecular weight is 1910 g/mol. The number of hydrogen-bond acceptors (Lipinski definition) is 33. The summed E-state index contributed by atoms with van der Waals surface area (Å²) >= 11 is 14.8. The Bertz CT molecular complexity index is 6160. The molecule has 9 aliphatic heterocycles. The molecule has 3 saturated heterocycles. The van der Waals surface area contributed by atoms with Crippen LogP contribution < -0.4 is 72.0 Å². The Morgan fingerprint density at radius 3 is 1.70 bits per heavy atom. The maximum absolute atomic E-state index is 17.1. The van der Waals surface area contributed by atoms with E-state index < -0.39 is 316 Å². The number of aliphatic hydroxyl groups excluding tert-OH is 10. The Labute approximate surface area is 772 Å². The number of halogens is 2. The predicted octanol–water partition coefficient (Wildman–Crippen LogP) is 0.809. The van der Waals surface area contributed by atoms with Crippen LogP contribution in [-0.4, -0.2) is 254 Å². The van der Waals surface area contributed by atoms with Crippen LogP contribution in [0.3, 0.4) is 0 Å². The number of carboxylic acid groups (broad SMARTS) is 1. The van der Waals surface area contributed by atoms with Gasteiger partial charge >= 0.3 is 5.97 Å². The van der Waals surface area contributed by atoms with Crippen LogP contribution in [0.4, 0.5) is 0 Å². The van der Waals surface area contributed by atoms with Gasteiger partial charge in [0.1, 0.15) is 156 Å². The highest BCUT2D eigenvalue weighted by Crippen LogP contribution is 2.51. The SMILES string of the molecule is CC(=O)N[C@H]1C(O)[C@H](O)C(CO)O[C@H]1O[C@@H]1c2ccc(c(Cl)c2)Oc2cc3cc(c2O[C@@H]2OC(CO)[C@@H](O)[C@H](O)C2NC(=O)CCc2ccc4ccccc4c2)Oc2ccc(cc2Cl)C[C@H]2NC(=O)[C@H](N)c4ccc(O)c(c4)Oc4cc(O)cc(c4)[C@H](NC2=O)C(=O)N[C@H]3C(=O)N[C@H]2C(=O)N[C@@H]1C(=O)N[C@H](C(=O)O)c1cc(O)cc(O[C@H]3OC(CO)[C@@H](O)[C@@H](O)C3O)c1-c1cc2ccc1O. The van der Waals surface area contributed by atoms with Gasteiger partial charge in [-0.05, 0) is 135 Å². The first-order valence-electron chi connectivity index (χ1n) is 42.1. The first kappa shape index (κ1) is 94.8. The van der Waals surface area contributed by atoms with Crippen molar-refractivity contribution in [1.29, 1.82) is 0 Å². The number of phenolic OH excluding ortho intramolecular Hbond substituents is 4. The Hall–Kier alpha value is -13.3. The summed E-state index contributed by atoms with van der Waals surface area (Å²) in [7, 11) is 0. The molecule has 9 aromatic rings. The molecule has 9 aromatic carbocycles. The van der Waals surface area contributed by atoms with E-state index >= 15 is 24.0 Å². The number of aromatic hydroxyl groups is 4. The molecule has 18 rings (SSSR count). The van der Waals surface area contributed by atoms with Crippen molar-refractivity contribution in [2.45, 2.75) is 167 Å². The highest BCUT2D eigenvalue weighted by Gasteiger charge is 2.52. The van der Waals surface area contributed by atoms with E-state index in [2.05, 4.69) is 42.5 Å². The summed E-state index contributed by atoms with van der Waals surface area (Å²) in [6, 6.07) is 13.4. The van der Waals surface area contributed by atoms with Gasteiger partial charge in [-0.2, -0.15) is 0 Å². The minimum Gasteiger partial charge on any atom is -0.508 e. The quantitative estimate of drug-likeness (QED) is 0.0675. The molecule has 0 saturated carbocycles. The molecular formula is C91H89Cl2N9O33. The number of nitrogens with one attached hydrogen (secondary N) is 8. The van der Waals surface area contributed by atoms with Crippen molar-refractivity contribution in [3.05, 3.63) is 212 Å². The number of aliphatic carboxylic acids is 1. The third-order valence-corrected chi connectivity index (χ3v) is 24.5. The molecule has 44 heteroatoms. The van der Waals surface area contributed by atoms with E-state index in [1.807, 2.05) is 36.4 Å². The van der Waals surface area contributed by atoms with Gasteiger partial charge in [0.05, 0.1) is 29.9 Å². The van der Waals surface area contributed by atoms with Crippen LogP contribution in [0.1, 0.15) is 94.2 Å². The Morgan fingerprint density at radius 1 is 0.481 bits per heavy atom. The fourth-order valence-corrected chi connectivity index (χ4v) is 17.4. The standard InChI is InChI=1S/C91H89Cl2N9O33/c1-34(106)95-70-76(115)73(112)60(31-103)131-89(70)134-80-41-12-16-55(50(93)24-41)129-59-27-43-26-58(81(59)135-90-71(77(116)74(113)61(32-104)132-90)97-63(111)17-8-35-6-9-37-4-2-3-5-38(37)18-35)128-54-15-7-36(19-49(54)92)20-51-82(119)98-67(42-21-44(107)28-46(22-42)127-56-25-39(10-14-53(56)110)65(94)83(120)96-51)85(122)100-68(43)86(123)99-66-40-11-13-52(109)47(23-40)64-48(69(88(125)126)101-87(124)72(80)102-84(66)121)29-45(108)30-57(64)130-91-79(118)78(117)75(114)62(33-105)133-91/h2-7,9-16,18-19,21-30,51,60-62,65-80,89-91,103-105,107-110,112-118H,8,17,20,31-33,94H2,1H3,(H,95,106)(H,96,120)(H,97,111)(H,98,119)(H,99,123)(H,100,122)(H,101,124)(H,102,121)(H,125,126)/t51-,60?,61?,62?,65-,66-,67+,68-,69+,70+,71?,72+,73-,74-,75-,76?,77-,78-,79?,80-,89+,90+,91+/m1/s1. The van der Waals surface area contributed by atoms with Gasteiger partial charge in [0.25, 0.3) is 0 Å². The van der Waals surface area contributed by atoms with Crippen molar-refractivity contribution in [1.82, 2.24) is 42.5 Å². The Kier molecular flexibility index (Phi) is 27.6. The molecule has 135 heavy (non-hydrogen) atoms. The van der Waals surface area contributed by atoms with Gasteiger partial charge in [-0.3, -0.25) is 38.4 Å². The lowest BCUT2D eigenvalue weighted by Gasteiger charge is -2.44. The summed E-state index contributed by atoms with van der Waals surface area (Å²) < 4.78 is 57.6. The van der Waals surface area contributed by atoms with Crippen LogP contribution in [0.2, 0.25) is 10.0 Å². The number of carboxylic acids is 1. The Morgan fingerprint density at radius 2 is 1.05 bits per heavy atom. The number of fused-ring (bicyclic) bond motifs is 15. The molecular weight excluding hydrogens is 1820 g/mol. The zero-order valence-corrected chi connectivity index (χ0v) is 71.9. The number of aryl methyl sites for hydroxylation is 1.